The third-order valence-corrected chi connectivity index (χ3v) is 18.8. The fourth-order valence-corrected chi connectivity index (χ4v) is 17.6. The molecule has 0 saturated carbocycles. The van der Waals surface area contributed by atoms with E-state index >= 15 is 0 Å². The molecule has 0 saturated heterocycles. The molecule has 0 unspecified atom stereocenters. The molecule has 0 heterocycles. The van der Waals surface area contributed by atoms with E-state index in [-0.39, 0.29) is 6.29 Å². The second-order valence-corrected chi connectivity index (χ2v) is 19.7. The zero-order valence-electron chi connectivity index (χ0n) is 16.5. The van der Waals surface area contributed by atoms with Crippen LogP contribution in [0.25, 0.3) is 0 Å². The summed E-state index contributed by atoms with van der Waals surface area (Å²) in [7, 11) is 0. The molecule has 3 heteroatoms. The van der Waals surface area contributed by atoms with Crippen molar-refractivity contribution in [2.24, 2.45) is 0 Å². The van der Waals surface area contributed by atoms with E-state index in [1.54, 1.807) is 0 Å². The van der Waals surface area contributed by atoms with Gasteiger partial charge in [0.05, 0.1) is 0 Å². The molecule has 0 aliphatic rings. The van der Waals surface area contributed by atoms with Crippen molar-refractivity contribution >= 4 is 18.4 Å². The Bertz CT molecular complexity index is 251. The number of unbranched alkanes of at least 4 members (excludes halogenated alkanes) is 3. The monoisotopic (exact) mass is 434 g/mol. The Hall–Kier alpha value is 0.459. The topological polar surface area (TPSA) is 18.5 Å². The van der Waals surface area contributed by atoms with Crippen molar-refractivity contribution in [2.45, 2.75) is 99.2 Å². The van der Waals surface area contributed by atoms with Crippen LogP contribution in [0.1, 0.15) is 79.6 Å². The Morgan fingerprint density at radius 3 is 1.52 bits per heavy atom. The van der Waals surface area contributed by atoms with E-state index in [2.05, 4.69) is 30.9 Å². The van der Waals surface area contributed by atoms with Gasteiger partial charge in [0, 0.05) is 0 Å². The van der Waals surface area contributed by atoms with Crippen molar-refractivity contribution in [1.82, 2.24) is 0 Å². The molecule has 0 aliphatic heterocycles. The van der Waals surface area contributed by atoms with Crippen molar-refractivity contribution < 1.29 is 9.47 Å². The Kier molecular flexibility index (Phi) is 16.3. The fraction of sp³-hybridized carbons (Fsp3) is 0.900. The van der Waals surface area contributed by atoms with Crippen LogP contribution in [-0.4, -0.2) is 37.9 Å². The van der Waals surface area contributed by atoms with Crippen LogP contribution in [-0.2, 0) is 9.47 Å². The maximum absolute atomic E-state index is 5.69. The van der Waals surface area contributed by atoms with Gasteiger partial charge in [-0.3, -0.25) is 0 Å². The average Bonchev–Trinajstić information content (AvgIpc) is 2.56. The van der Waals surface area contributed by atoms with Crippen molar-refractivity contribution in [3.05, 3.63) is 10.2 Å². The quantitative estimate of drug-likeness (QED) is 0.199. The molecule has 0 atom stereocenters. The van der Waals surface area contributed by atoms with Gasteiger partial charge in [-0.15, -0.1) is 0 Å². The van der Waals surface area contributed by atoms with E-state index in [1.807, 2.05) is 13.8 Å². The van der Waals surface area contributed by atoms with Crippen LogP contribution in [0.2, 0.25) is 13.3 Å². The van der Waals surface area contributed by atoms with Crippen molar-refractivity contribution in [2.75, 3.05) is 13.2 Å². The van der Waals surface area contributed by atoms with E-state index in [4.69, 9.17) is 9.47 Å². The van der Waals surface area contributed by atoms with E-state index in [1.165, 1.54) is 51.8 Å². The molecule has 0 rings (SSSR count). The molecule has 0 amide bonds. The first kappa shape index (κ1) is 23.5. The van der Waals surface area contributed by atoms with Gasteiger partial charge in [-0.25, -0.2) is 0 Å². The summed E-state index contributed by atoms with van der Waals surface area (Å²) in [6.07, 6.45) is 11.6. The molecule has 0 radical (unpaired) electrons. The average molecular weight is 433 g/mol. The van der Waals surface area contributed by atoms with Crippen molar-refractivity contribution in [3.63, 3.8) is 0 Å². The molecular weight excluding hydrogens is 391 g/mol. The van der Waals surface area contributed by atoms with Gasteiger partial charge in [-0.1, -0.05) is 0 Å². The summed E-state index contributed by atoms with van der Waals surface area (Å²) in [4.78, 5) is 0. The Morgan fingerprint density at radius 1 is 0.739 bits per heavy atom. The Morgan fingerprint density at radius 2 is 1.17 bits per heavy atom. The molecule has 138 valence electrons. The van der Waals surface area contributed by atoms with Gasteiger partial charge in [-0.05, 0) is 0 Å². The number of hydrogen-bond acceptors (Lipinski definition) is 2. The second kappa shape index (κ2) is 16.0. The summed E-state index contributed by atoms with van der Waals surface area (Å²) in [5.41, 5.74) is 0. The predicted molar refractivity (Wildman–Crippen MR) is 106 cm³/mol. The first-order chi connectivity index (χ1) is 11.2. The van der Waals surface area contributed by atoms with E-state index in [0.29, 0.717) is 0 Å². The molecule has 0 aliphatic carbocycles. The van der Waals surface area contributed by atoms with Gasteiger partial charge < -0.3 is 0 Å². The zero-order chi connectivity index (χ0) is 17.4. The van der Waals surface area contributed by atoms with Gasteiger partial charge in [0.1, 0.15) is 0 Å². The third-order valence-electron chi connectivity index (χ3n) is 4.59. The van der Waals surface area contributed by atoms with Crippen LogP contribution in [0.15, 0.2) is 10.2 Å². The minimum atomic E-state index is -2.11. The van der Waals surface area contributed by atoms with Gasteiger partial charge in [0.25, 0.3) is 0 Å². The van der Waals surface area contributed by atoms with Crippen LogP contribution in [0.4, 0.5) is 0 Å². The number of hydrogen-bond donors (Lipinski definition) is 0. The molecule has 0 N–H and O–H groups in total. The summed E-state index contributed by atoms with van der Waals surface area (Å²) in [5.74, 6) is 0. The van der Waals surface area contributed by atoms with Crippen LogP contribution >= 0.6 is 0 Å². The maximum atomic E-state index is 5.69. The molecule has 0 fully saturated rings. The van der Waals surface area contributed by atoms with Gasteiger partial charge in [-0.2, -0.15) is 0 Å². The molecule has 2 nitrogen and oxygen atoms in total. The number of rotatable bonds is 16. The molecule has 23 heavy (non-hydrogen) atoms. The summed E-state index contributed by atoms with van der Waals surface area (Å²) < 4.78 is 18.7. The summed E-state index contributed by atoms with van der Waals surface area (Å²) in [5, 5.41) is 0. The standard InChI is InChI=1S/C8H15O2.3C4H9.Sn/c1-4-7-8(9-5-2)10-6-3;3*1-3-4-2;/h1,4,8H,5-7H2,2-3H3;3*1,3-4H2,2H3;. The summed E-state index contributed by atoms with van der Waals surface area (Å²) >= 11 is -2.11. The van der Waals surface area contributed by atoms with Crippen molar-refractivity contribution in [1.29, 1.82) is 0 Å². The first-order valence-electron chi connectivity index (χ1n) is 10.1. The van der Waals surface area contributed by atoms with E-state index in [9.17, 15) is 0 Å². The number of ether oxygens (including phenoxy) is 2. The predicted octanol–water partition coefficient (Wildman–Crippen LogP) is 6.72. The second-order valence-electron chi connectivity index (χ2n) is 6.65. The Balaban J connectivity index is 4.86. The third kappa shape index (κ3) is 11.6. The molecule has 0 spiro atoms. The molecule has 0 bridgehead atoms. The summed E-state index contributed by atoms with van der Waals surface area (Å²) in [6, 6.07) is 0. The van der Waals surface area contributed by atoms with Crippen LogP contribution in [0.3, 0.4) is 0 Å². The molecule has 0 aromatic heterocycles. The van der Waals surface area contributed by atoms with E-state index < -0.39 is 18.4 Å². The zero-order valence-corrected chi connectivity index (χ0v) is 19.4. The molecule has 0 aromatic carbocycles. The van der Waals surface area contributed by atoms with Gasteiger partial charge >= 0.3 is 150 Å². The van der Waals surface area contributed by atoms with Crippen molar-refractivity contribution in [3.8, 4) is 0 Å². The molecule has 0 aromatic rings. The van der Waals surface area contributed by atoms with Crippen LogP contribution in [0.5, 0.6) is 0 Å². The fourth-order valence-electron chi connectivity index (χ4n) is 3.20. The SMILES string of the molecule is CCC[CH2][Sn](/[CH]=C/CC(OCC)OCC)([CH2]CCC)[CH2]CCC. The van der Waals surface area contributed by atoms with Crippen LogP contribution in [0, 0.1) is 0 Å². The van der Waals surface area contributed by atoms with E-state index in [0.717, 1.165) is 19.6 Å². The minimum absolute atomic E-state index is 0.0474. The summed E-state index contributed by atoms with van der Waals surface area (Å²) in [6.45, 7) is 12.6. The van der Waals surface area contributed by atoms with Gasteiger partial charge in [0.2, 0.25) is 0 Å². The first-order valence-corrected chi connectivity index (χ1v) is 17.8. The molecular formula is C20H42O2Sn. The Labute approximate surface area is 150 Å². The normalized spacial score (nSPS) is 12.6. The van der Waals surface area contributed by atoms with Gasteiger partial charge in [0.15, 0.2) is 0 Å². The van der Waals surface area contributed by atoms with Crippen LogP contribution < -0.4 is 0 Å².